The minimum atomic E-state index is -0.635. The van der Waals surface area contributed by atoms with Crippen molar-refractivity contribution < 1.29 is 18.4 Å². The van der Waals surface area contributed by atoms with Crippen molar-refractivity contribution in [2.45, 2.75) is 20.8 Å². The highest BCUT2D eigenvalue weighted by atomic mass is 19.1. The second-order valence-corrected chi connectivity index (χ2v) is 6.26. The fraction of sp³-hybridized carbons (Fsp3) is 0.150. The highest BCUT2D eigenvalue weighted by molar-refractivity contribution is 6.06. The Labute approximate surface area is 160 Å². The summed E-state index contributed by atoms with van der Waals surface area (Å²) in [5.74, 6) is -1.86. The highest BCUT2D eigenvalue weighted by Gasteiger charge is 2.20. The van der Waals surface area contributed by atoms with E-state index in [4.69, 9.17) is 0 Å². The van der Waals surface area contributed by atoms with Crippen molar-refractivity contribution in [1.82, 2.24) is 9.78 Å². The van der Waals surface area contributed by atoms with Crippen LogP contribution >= 0.6 is 0 Å². The Morgan fingerprint density at radius 1 is 1.00 bits per heavy atom. The van der Waals surface area contributed by atoms with E-state index in [-0.39, 0.29) is 23.0 Å². The highest BCUT2D eigenvalue weighted by Crippen LogP contribution is 2.23. The summed E-state index contributed by atoms with van der Waals surface area (Å²) in [5, 5.41) is 9.39. The molecule has 0 atom stereocenters. The molecule has 0 unspecified atom stereocenters. The van der Waals surface area contributed by atoms with Gasteiger partial charge in [0, 0.05) is 12.6 Å². The van der Waals surface area contributed by atoms with E-state index in [0.29, 0.717) is 22.8 Å². The minimum absolute atomic E-state index is 0.0652. The molecule has 6 nitrogen and oxygen atoms in total. The fourth-order valence-electron chi connectivity index (χ4n) is 2.89. The molecule has 1 heterocycles. The van der Waals surface area contributed by atoms with Gasteiger partial charge in [0.1, 0.15) is 11.6 Å². The molecule has 0 aliphatic carbocycles. The van der Waals surface area contributed by atoms with E-state index in [1.807, 2.05) is 0 Å². The molecule has 3 rings (SSSR count). The van der Waals surface area contributed by atoms with Crippen molar-refractivity contribution in [2.75, 3.05) is 10.6 Å². The lowest BCUT2D eigenvalue weighted by Gasteiger charge is -2.10. The van der Waals surface area contributed by atoms with Gasteiger partial charge < -0.3 is 10.6 Å². The standard InChI is InChI=1S/C20H18F2N4O2/c1-11-19(12(2)26(25-11)16-7-4-14(21)5-8-16)20(28)24-18-10-15(23-13(3)27)6-9-17(18)22/h4-10H,1-3H3,(H,23,27)(H,24,28). The molecule has 2 amide bonds. The number of anilines is 2. The molecule has 0 aliphatic heterocycles. The smallest absolute Gasteiger partial charge is 0.259 e. The Morgan fingerprint density at radius 3 is 2.32 bits per heavy atom. The van der Waals surface area contributed by atoms with Gasteiger partial charge in [0.05, 0.1) is 28.3 Å². The van der Waals surface area contributed by atoms with Crippen molar-refractivity contribution in [3.05, 3.63) is 71.1 Å². The minimum Gasteiger partial charge on any atom is -0.326 e. The first kappa shape index (κ1) is 19.2. The fourth-order valence-corrected chi connectivity index (χ4v) is 2.89. The molecule has 0 aliphatic rings. The number of amides is 2. The number of nitrogens with one attached hydrogen (secondary N) is 2. The summed E-state index contributed by atoms with van der Waals surface area (Å²) in [6, 6.07) is 9.59. The van der Waals surface area contributed by atoms with E-state index < -0.39 is 11.7 Å². The molecule has 8 heteroatoms. The van der Waals surface area contributed by atoms with Crippen molar-refractivity contribution in [3.8, 4) is 5.69 Å². The summed E-state index contributed by atoms with van der Waals surface area (Å²) in [6.07, 6.45) is 0. The van der Waals surface area contributed by atoms with Gasteiger partial charge in [-0.15, -0.1) is 0 Å². The summed E-state index contributed by atoms with van der Waals surface area (Å²) in [5.41, 5.74) is 2.15. The molecule has 0 spiro atoms. The van der Waals surface area contributed by atoms with Crippen LogP contribution in [0.1, 0.15) is 28.7 Å². The molecule has 2 aromatic carbocycles. The summed E-state index contributed by atoms with van der Waals surface area (Å²) in [6.45, 7) is 4.69. The molecule has 144 valence electrons. The monoisotopic (exact) mass is 384 g/mol. The third-order valence-electron chi connectivity index (χ3n) is 4.12. The van der Waals surface area contributed by atoms with Gasteiger partial charge in [-0.3, -0.25) is 9.59 Å². The molecule has 0 radical (unpaired) electrons. The Balaban J connectivity index is 1.91. The number of hydrogen-bond acceptors (Lipinski definition) is 3. The van der Waals surface area contributed by atoms with Crippen molar-refractivity contribution in [1.29, 1.82) is 0 Å². The summed E-state index contributed by atoms with van der Waals surface area (Å²) in [7, 11) is 0. The zero-order chi connectivity index (χ0) is 20.4. The molecule has 0 saturated heterocycles. The number of carbonyl (C=O) groups excluding carboxylic acids is 2. The third-order valence-corrected chi connectivity index (χ3v) is 4.12. The van der Waals surface area contributed by atoms with Crippen LogP contribution in [0.25, 0.3) is 5.69 Å². The number of halogens is 2. The number of rotatable bonds is 4. The first-order valence-electron chi connectivity index (χ1n) is 8.47. The van der Waals surface area contributed by atoms with Crippen LogP contribution < -0.4 is 10.6 Å². The quantitative estimate of drug-likeness (QED) is 0.714. The van der Waals surface area contributed by atoms with Gasteiger partial charge in [-0.05, 0) is 56.3 Å². The molecule has 2 N–H and O–H groups in total. The molecule has 3 aromatic rings. The molecule has 0 bridgehead atoms. The van der Waals surface area contributed by atoms with E-state index >= 15 is 0 Å². The lowest BCUT2D eigenvalue weighted by atomic mass is 10.1. The van der Waals surface area contributed by atoms with Crippen molar-refractivity contribution in [2.24, 2.45) is 0 Å². The van der Waals surface area contributed by atoms with Crippen molar-refractivity contribution >= 4 is 23.2 Å². The van der Waals surface area contributed by atoms with Crippen LogP contribution in [0, 0.1) is 25.5 Å². The van der Waals surface area contributed by atoms with Crippen LogP contribution in [0.2, 0.25) is 0 Å². The number of hydrogen-bond donors (Lipinski definition) is 2. The van der Waals surface area contributed by atoms with Gasteiger partial charge in [-0.2, -0.15) is 5.10 Å². The normalized spacial score (nSPS) is 10.6. The lowest BCUT2D eigenvalue weighted by molar-refractivity contribution is -0.114. The van der Waals surface area contributed by atoms with Crippen LogP contribution in [-0.2, 0) is 4.79 Å². The first-order valence-corrected chi connectivity index (χ1v) is 8.47. The number of aromatic nitrogens is 2. The summed E-state index contributed by atoms with van der Waals surface area (Å²) >= 11 is 0. The zero-order valence-electron chi connectivity index (χ0n) is 15.5. The Hall–Kier alpha value is -3.55. The molecular formula is C20H18F2N4O2. The van der Waals surface area contributed by atoms with Crippen molar-refractivity contribution in [3.63, 3.8) is 0 Å². The Kier molecular flexibility index (Phi) is 5.21. The van der Waals surface area contributed by atoms with Gasteiger partial charge >= 0.3 is 0 Å². The maximum Gasteiger partial charge on any atom is 0.259 e. The summed E-state index contributed by atoms with van der Waals surface area (Å²) < 4.78 is 28.8. The van der Waals surface area contributed by atoms with Gasteiger partial charge in [0.2, 0.25) is 5.91 Å². The van der Waals surface area contributed by atoms with Gasteiger partial charge in [0.15, 0.2) is 0 Å². The van der Waals surface area contributed by atoms with E-state index in [1.54, 1.807) is 26.0 Å². The second kappa shape index (κ2) is 7.59. The molecule has 0 fully saturated rings. The Bertz CT molecular complexity index is 1060. The summed E-state index contributed by atoms with van der Waals surface area (Å²) in [4.78, 5) is 23.9. The number of aryl methyl sites for hydroxylation is 1. The average Bonchev–Trinajstić information content (AvgIpc) is 2.92. The number of benzene rings is 2. The number of carbonyl (C=O) groups is 2. The van der Waals surface area contributed by atoms with Gasteiger partial charge in [-0.1, -0.05) is 0 Å². The van der Waals surface area contributed by atoms with Crippen LogP contribution in [0.5, 0.6) is 0 Å². The molecule has 1 aromatic heterocycles. The average molecular weight is 384 g/mol. The van der Waals surface area contributed by atoms with Crippen LogP contribution in [-0.4, -0.2) is 21.6 Å². The number of nitrogens with zero attached hydrogens (tertiary/aromatic N) is 2. The Morgan fingerprint density at radius 2 is 1.68 bits per heavy atom. The van der Waals surface area contributed by atoms with E-state index in [0.717, 1.165) is 6.07 Å². The SMILES string of the molecule is CC(=O)Nc1ccc(F)c(NC(=O)c2c(C)nn(-c3ccc(F)cc3)c2C)c1. The second-order valence-electron chi connectivity index (χ2n) is 6.26. The van der Waals surface area contributed by atoms with Crippen LogP contribution in [0.3, 0.4) is 0 Å². The lowest BCUT2D eigenvalue weighted by Crippen LogP contribution is -2.15. The third kappa shape index (κ3) is 3.90. The maximum atomic E-state index is 14.1. The van der Waals surface area contributed by atoms with E-state index in [1.165, 1.54) is 35.9 Å². The molecule has 28 heavy (non-hydrogen) atoms. The largest absolute Gasteiger partial charge is 0.326 e. The van der Waals surface area contributed by atoms with Gasteiger partial charge in [-0.25, -0.2) is 13.5 Å². The van der Waals surface area contributed by atoms with Gasteiger partial charge in [0.25, 0.3) is 5.91 Å². The van der Waals surface area contributed by atoms with Crippen LogP contribution in [0.4, 0.5) is 20.2 Å². The first-order chi connectivity index (χ1) is 13.3. The molecular weight excluding hydrogens is 366 g/mol. The zero-order valence-corrected chi connectivity index (χ0v) is 15.5. The topological polar surface area (TPSA) is 76.0 Å². The van der Waals surface area contributed by atoms with Crippen LogP contribution in [0.15, 0.2) is 42.5 Å². The predicted octanol–water partition coefficient (Wildman–Crippen LogP) is 3.98. The maximum absolute atomic E-state index is 14.1. The molecule has 0 saturated carbocycles. The van der Waals surface area contributed by atoms with E-state index in [2.05, 4.69) is 15.7 Å². The predicted molar refractivity (Wildman–Crippen MR) is 102 cm³/mol. The van der Waals surface area contributed by atoms with E-state index in [9.17, 15) is 18.4 Å².